The minimum atomic E-state index is 0.393. The molecular weight excluding hydrogens is 246 g/mol. The van der Waals surface area contributed by atoms with Crippen LogP contribution in [-0.4, -0.2) is 19.3 Å². The maximum atomic E-state index is 6.11. The summed E-state index contributed by atoms with van der Waals surface area (Å²) in [7, 11) is 0. The average Bonchev–Trinajstić information content (AvgIpc) is 2.45. The van der Waals surface area contributed by atoms with E-state index >= 15 is 0 Å². The number of ether oxygens (including phenoxy) is 1. The predicted molar refractivity (Wildman–Crippen MR) is 90.2 cm³/mol. The van der Waals surface area contributed by atoms with Crippen molar-refractivity contribution >= 4 is 0 Å². The Labute approximate surface area is 127 Å². The molecule has 0 saturated carbocycles. The van der Waals surface area contributed by atoms with E-state index in [-0.39, 0.29) is 0 Å². The zero-order chi connectivity index (χ0) is 14.9. The van der Waals surface area contributed by atoms with Crippen LogP contribution in [0.25, 0.3) is 0 Å². The second kappa shape index (κ2) is 17.0. The third-order valence-electron chi connectivity index (χ3n) is 4.00. The van der Waals surface area contributed by atoms with E-state index < -0.39 is 0 Å². The first-order valence-corrected chi connectivity index (χ1v) is 9.14. The van der Waals surface area contributed by atoms with Gasteiger partial charge in [-0.3, -0.25) is 0 Å². The summed E-state index contributed by atoms with van der Waals surface area (Å²) < 4.78 is 5.33. The molecule has 0 heterocycles. The molecule has 0 aromatic rings. The highest BCUT2D eigenvalue weighted by Crippen LogP contribution is 2.12. The van der Waals surface area contributed by atoms with Gasteiger partial charge in [0, 0.05) is 19.3 Å². The minimum absolute atomic E-state index is 0.393. The molecule has 0 bridgehead atoms. The molecule has 0 aromatic carbocycles. The normalized spacial score (nSPS) is 12.8. The monoisotopic (exact) mass is 285 g/mol. The van der Waals surface area contributed by atoms with Crippen molar-refractivity contribution in [1.29, 1.82) is 0 Å². The zero-order valence-electron chi connectivity index (χ0n) is 14.2. The van der Waals surface area contributed by atoms with Crippen molar-refractivity contribution < 1.29 is 4.74 Å². The van der Waals surface area contributed by atoms with Gasteiger partial charge < -0.3 is 10.5 Å². The van der Waals surface area contributed by atoms with Crippen LogP contribution in [0.2, 0.25) is 0 Å². The Bertz CT molecular complexity index is 173. The Hall–Kier alpha value is -0.0800. The van der Waals surface area contributed by atoms with Gasteiger partial charge in [-0.1, -0.05) is 71.1 Å². The molecule has 0 aliphatic rings. The van der Waals surface area contributed by atoms with Crippen molar-refractivity contribution in [2.45, 2.75) is 103 Å². The fourth-order valence-corrected chi connectivity index (χ4v) is 2.63. The van der Waals surface area contributed by atoms with Crippen molar-refractivity contribution in [2.24, 2.45) is 5.73 Å². The highest BCUT2D eigenvalue weighted by Gasteiger charge is 2.02. The SMILES string of the molecule is CCCCCCCCCCCCC(N)CCCOCC. The Kier molecular flexibility index (Phi) is 16.9. The van der Waals surface area contributed by atoms with Crippen molar-refractivity contribution in [1.82, 2.24) is 0 Å². The molecule has 2 N–H and O–H groups in total. The molecule has 122 valence electrons. The predicted octanol–water partition coefficient (Wildman–Crippen LogP) is 5.44. The first-order chi connectivity index (χ1) is 9.81. The summed E-state index contributed by atoms with van der Waals surface area (Å²) in [6.45, 7) is 6.03. The standard InChI is InChI=1S/C18H39NO/c1-3-5-6-7-8-9-10-11-12-13-15-18(19)16-14-17-20-4-2/h18H,3-17,19H2,1-2H3. The second-order valence-electron chi connectivity index (χ2n) is 6.07. The highest BCUT2D eigenvalue weighted by molar-refractivity contribution is 4.61. The summed E-state index contributed by atoms with van der Waals surface area (Å²) in [5, 5.41) is 0. The van der Waals surface area contributed by atoms with Crippen LogP contribution in [0, 0.1) is 0 Å². The van der Waals surface area contributed by atoms with E-state index in [1.54, 1.807) is 0 Å². The molecule has 0 fully saturated rings. The van der Waals surface area contributed by atoms with Crippen LogP contribution in [-0.2, 0) is 4.74 Å². The van der Waals surface area contributed by atoms with Gasteiger partial charge in [-0.05, 0) is 26.2 Å². The molecule has 1 unspecified atom stereocenters. The molecule has 0 spiro atoms. The van der Waals surface area contributed by atoms with Crippen LogP contribution >= 0.6 is 0 Å². The van der Waals surface area contributed by atoms with Gasteiger partial charge in [-0.2, -0.15) is 0 Å². The van der Waals surface area contributed by atoms with E-state index in [1.807, 2.05) is 6.92 Å². The lowest BCUT2D eigenvalue weighted by molar-refractivity contribution is 0.141. The maximum absolute atomic E-state index is 6.11. The summed E-state index contributed by atoms with van der Waals surface area (Å²) in [4.78, 5) is 0. The third-order valence-corrected chi connectivity index (χ3v) is 4.00. The van der Waals surface area contributed by atoms with Gasteiger partial charge in [-0.25, -0.2) is 0 Å². The Morgan fingerprint density at radius 1 is 0.700 bits per heavy atom. The van der Waals surface area contributed by atoms with Gasteiger partial charge in [0.05, 0.1) is 0 Å². The molecule has 0 aliphatic carbocycles. The first-order valence-electron chi connectivity index (χ1n) is 9.14. The molecule has 20 heavy (non-hydrogen) atoms. The number of hydrogen-bond donors (Lipinski definition) is 1. The van der Waals surface area contributed by atoms with Crippen molar-refractivity contribution in [3.63, 3.8) is 0 Å². The van der Waals surface area contributed by atoms with Gasteiger partial charge in [0.1, 0.15) is 0 Å². The summed E-state index contributed by atoms with van der Waals surface area (Å²) in [5.74, 6) is 0. The smallest absolute Gasteiger partial charge is 0.0466 e. The van der Waals surface area contributed by atoms with E-state index in [9.17, 15) is 0 Å². The van der Waals surface area contributed by atoms with Gasteiger partial charge in [0.25, 0.3) is 0 Å². The lowest BCUT2D eigenvalue weighted by atomic mass is 10.0. The van der Waals surface area contributed by atoms with Gasteiger partial charge in [0.15, 0.2) is 0 Å². The molecule has 1 atom stereocenters. The van der Waals surface area contributed by atoms with E-state index in [0.717, 1.165) is 26.1 Å². The summed E-state index contributed by atoms with van der Waals surface area (Å²) in [6.07, 6.45) is 17.5. The quantitative estimate of drug-likeness (QED) is 0.383. The van der Waals surface area contributed by atoms with E-state index in [0.29, 0.717) is 6.04 Å². The summed E-state index contributed by atoms with van der Waals surface area (Å²) in [5.41, 5.74) is 6.11. The average molecular weight is 286 g/mol. The largest absolute Gasteiger partial charge is 0.382 e. The third kappa shape index (κ3) is 16.0. The van der Waals surface area contributed by atoms with Crippen LogP contribution in [0.5, 0.6) is 0 Å². The lowest BCUT2D eigenvalue weighted by Crippen LogP contribution is -2.20. The Balaban J connectivity index is 3.07. The maximum Gasteiger partial charge on any atom is 0.0466 e. The first kappa shape index (κ1) is 19.9. The Morgan fingerprint density at radius 3 is 1.75 bits per heavy atom. The molecule has 0 rings (SSSR count). The van der Waals surface area contributed by atoms with E-state index in [2.05, 4.69) is 6.92 Å². The van der Waals surface area contributed by atoms with Crippen molar-refractivity contribution in [3.05, 3.63) is 0 Å². The van der Waals surface area contributed by atoms with Crippen LogP contribution in [0.4, 0.5) is 0 Å². The van der Waals surface area contributed by atoms with Gasteiger partial charge >= 0.3 is 0 Å². The molecule has 0 amide bonds. The highest BCUT2D eigenvalue weighted by atomic mass is 16.5. The zero-order valence-corrected chi connectivity index (χ0v) is 14.2. The number of unbranched alkanes of at least 4 members (excludes halogenated alkanes) is 9. The fraction of sp³-hybridized carbons (Fsp3) is 1.00. The van der Waals surface area contributed by atoms with Crippen LogP contribution in [0.1, 0.15) is 97.3 Å². The van der Waals surface area contributed by atoms with Crippen molar-refractivity contribution in [2.75, 3.05) is 13.2 Å². The molecule has 0 aromatic heterocycles. The molecule has 0 saturated heterocycles. The molecule has 2 nitrogen and oxygen atoms in total. The molecular formula is C18H39NO. The number of rotatable bonds is 16. The van der Waals surface area contributed by atoms with Gasteiger partial charge in [0.2, 0.25) is 0 Å². The van der Waals surface area contributed by atoms with Crippen molar-refractivity contribution in [3.8, 4) is 0 Å². The lowest BCUT2D eigenvalue weighted by Gasteiger charge is -2.11. The van der Waals surface area contributed by atoms with Crippen LogP contribution in [0.3, 0.4) is 0 Å². The fourth-order valence-electron chi connectivity index (χ4n) is 2.63. The van der Waals surface area contributed by atoms with Crippen LogP contribution in [0.15, 0.2) is 0 Å². The van der Waals surface area contributed by atoms with E-state index in [4.69, 9.17) is 10.5 Å². The van der Waals surface area contributed by atoms with E-state index in [1.165, 1.54) is 70.6 Å². The molecule has 2 heteroatoms. The minimum Gasteiger partial charge on any atom is -0.382 e. The second-order valence-corrected chi connectivity index (χ2v) is 6.07. The summed E-state index contributed by atoms with van der Waals surface area (Å²) in [6, 6.07) is 0.393. The Morgan fingerprint density at radius 2 is 1.20 bits per heavy atom. The molecule has 0 aliphatic heterocycles. The van der Waals surface area contributed by atoms with Gasteiger partial charge in [-0.15, -0.1) is 0 Å². The summed E-state index contributed by atoms with van der Waals surface area (Å²) >= 11 is 0. The number of nitrogens with two attached hydrogens (primary N) is 1. The topological polar surface area (TPSA) is 35.2 Å². The molecule has 0 radical (unpaired) electrons. The van der Waals surface area contributed by atoms with Crippen LogP contribution < -0.4 is 5.73 Å². The number of hydrogen-bond acceptors (Lipinski definition) is 2.